The number of ether oxygens (including phenoxy) is 1. The third-order valence-electron chi connectivity index (χ3n) is 5.26. The van der Waals surface area contributed by atoms with Crippen LogP contribution in [0.4, 0.5) is 0 Å². The zero-order valence-electron chi connectivity index (χ0n) is 11.0. The molecule has 2 nitrogen and oxygen atoms in total. The minimum atomic E-state index is -0.149. The van der Waals surface area contributed by atoms with E-state index in [0.29, 0.717) is 17.8 Å². The third-order valence-corrected chi connectivity index (χ3v) is 5.26. The van der Waals surface area contributed by atoms with Crippen molar-refractivity contribution in [3.63, 3.8) is 0 Å². The van der Waals surface area contributed by atoms with Crippen molar-refractivity contribution in [2.45, 2.75) is 59.0 Å². The van der Waals surface area contributed by atoms with Gasteiger partial charge in [0, 0.05) is 18.9 Å². The van der Waals surface area contributed by atoms with Crippen LogP contribution >= 0.6 is 0 Å². The molecule has 0 aromatic heterocycles. The number of carbonyl (C=O) groups excluding carboxylic acids is 1. The van der Waals surface area contributed by atoms with Crippen LogP contribution in [0, 0.1) is 16.7 Å². The van der Waals surface area contributed by atoms with Gasteiger partial charge in [-0.2, -0.15) is 0 Å². The fourth-order valence-electron chi connectivity index (χ4n) is 4.20. The number of Topliss-reactive ketones (excluding diaryl/α,β-unsaturated/α-hetero) is 1. The van der Waals surface area contributed by atoms with Crippen LogP contribution in [0.15, 0.2) is 0 Å². The summed E-state index contributed by atoms with van der Waals surface area (Å²) in [5, 5.41) is 0. The van der Waals surface area contributed by atoms with E-state index < -0.39 is 0 Å². The highest BCUT2D eigenvalue weighted by Crippen LogP contribution is 2.56. The van der Waals surface area contributed by atoms with E-state index in [1.54, 1.807) is 0 Å². The number of hydrogen-bond acceptors (Lipinski definition) is 2. The highest BCUT2D eigenvalue weighted by atomic mass is 16.5. The Balaban J connectivity index is 2.34. The molecular weight excluding hydrogens is 200 g/mol. The van der Waals surface area contributed by atoms with Crippen LogP contribution in [-0.2, 0) is 9.53 Å². The Hall–Kier alpha value is -0.370. The number of carbonyl (C=O) groups is 1. The fourth-order valence-corrected chi connectivity index (χ4v) is 4.20. The summed E-state index contributed by atoms with van der Waals surface area (Å²) in [5.41, 5.74) is 0.0641. The first-order chi connectivity index (χ1) is 7.43. The molecule has 2 aliphatic carbocycles. The van der Waals surface area contributed by atoms with Crippen LogP contribution in [-0.4, -0.2) is 19.0 Å². The Morgan fingerprint density at radius 3 is 2.56 bits per heavy atom. The molecule has 0 unspecified atom stereocenters. The standard InChI is InChI=1S/C14H24O2/c1-13(2)10-6-5-7-12(16-4)14(10,3)9-8-11(13)15/h10,12H,5-9H2,1-4H3/t10-,12-,14-/m0/s1. The predicted molar refractivity (Wildman–Crippen MR) is 64.3 cm³/mol. The number of ketones is 1. The van der Waals surface area contributed by atoms with Crippen molar-refractivity contribution in [3.05, 3.63) is 0 Å². The molecule has 0 aliphatic heterocycles. The number of rotatable bonds is 1. The van der Waals surface area contributed by atoms with Crippen LogP contribution < -0.4 is 0 Å². The molecule has 0 amide bonds. The van der Waals surface area contributed by atoms with Crippen molar-refractivity contribution in [1.82, 2.24) is 0 Å². The summed E-state index contributed by atoms with van der Waals surface area (Å²) >= 11 is 0. The summed E-state index contributed by atoms with van der Waals surface area (Å²) in [7, 11) is 1.82. The van der Waals surface area contributed by atoms with Crippen molar-refractivity contribution in [2.24, 2.45) is 16.7 Å². The van der Waals surface area contributed by atoms with Crippen molar-refractivity contribution in [2.75, 3.05) is 7.11 Å². The van der Waals surface area contributed by atoms with Gasteiger partial charge in [0.2, 0.25) is 0 Å². The fraction of sp³-hybridized carbons (Fsp3) is 0.929. The topological polar surface area (TPSA) is 26.3 Å². The van der Waals surface area contributed by atoms with E-state index in [9.17, 15) is 4.79 Å². The quantitative estimate of drug-likeness (QED) is 0.683. The molecule has 0 radical (unpaired) electrons. The molecule has 0 heterocycles. The van der Waals surface area contributed by atoms with E-state index >= 15 is 0 Å². The molecule has 0 aromatic rings. The lowest BCUT2D eigenvalue weighted by Gasteiger charge is -2.55. The Morgan fingerprint density at radius 1 is 1.25 bits per heavy atom. The van der Waals surface area contributed by atoms with E-state index in [-0.39, 0.29) is 10.8 Å². The molecule has 0 N–H and O–H groups in total. The Bertz CT molecular complexity index is 295. The SMILES string of the molecule is CO[C@H]1CCC[C@H]2C(C)(C)C(=O)CC[C@]12C. The molecule has 16 heavy (non-hydrogen) atoms. The smallest absolute Gasteiger partial charge is 0.138 e. The average Bonchev–Trinajstić information content (AvgIpc) is 2.24. The lowest BCUT2D eigenvalue weighted by Crippen LogP contribution is -2.55. The van der Waals surface area contributed by atoms with E-state index in [1.165, 1.54) is 12.8 Å². The average molecular weight is 224 g/mol. The molecule has 0 bridgehead atoms. The van der Waals surface area contributed by atoms with Gasteiger partial charge in [-0.3, -0.25) is 4.79 Å². The molecule has 92 valence electrons. The van der Waals surface area contributed by atoms with Gasteiger partial charge >= 0.3 is 0 Å². The molecular formula is C14H24O2. The van der Waals surface area contributed by atoms with Gasteiger partial charge in [-0.15, -0.1) is 0 Å². The number of methoxy groups -OCH3 is 1. The van der Waals surface area contributed by atoms with Gasteiger partial charge in [0.1, 0.15) is 5.78 Å². The van der Waals surface area contributed by atoms with Gasteiger partial charge < -0.3 is 4.74 Å². The monoisotopic (exact) mass is 224 g/mol. The minimum Gasteiger partial charge on any atom is -0.381 e. The second kappa shape index (κ2) is 3.83. The first-order valence-electron chi connectivity index (χ1n) is 6.49. The number of hydrogen-bond donors (Lipinski definition) is 0. The maximum absolute atomic E-state index is 12.1. The summed E-state index contributed by atoms with van der Waals surface area (Å²) in [6, 6.07) is 0. The first-order valence-corrected chi connectivity index (χ1v) is 6.49. The molecule has 2 rings (SSSR count). The first kappa shape index (κ1) is 12.1. The highest BCUT2D eigenvalue weighted by Gasteiger charge is 2.55. The molecule has 2 fully saturated rings. The van der Waals surface area contributed by atoms with Crippen LogP contribution in [0.2, 0.25) is 0 Å². The molecule has 2 heteroatoms. The molecule has 0 saturated heterocycles. The van der Waals surface area contributed by atoms with Crippen LogP contribution in [0.1, 0.15) is 52.9 Å². The zero-order valence-corrected chi connectivity index (χ0v) is 11.0. The molecule has 0 spiro atoms. The lowest BCUT2D eigenvalue weighted by atomic mass is 9.50. The van der Waals surface area contributed by atoms with Crippen molar-refractivity contribution in [1.29, 1.82) is 0 Å². The molecule has 2 saturated carbocycles. The van der Waals surface area contributed by atoms with Crippen LogP contribution in [0.25, 0.3) is 0 Å². The minimum absolute atomic E-state index is 0.149. The largest absolute Gasteiger partial charge is 0.381 e. The molecule has 2 aliphatic rings. The van der Waals surface area contributed by atoms with Crippen molar-refractivity contribution < 1.29 is 9.53 Å². The zero-order chi connectivity index (χ0) is 12.0. The second-order valence-corrected chi connectivity index (χ2v) is 6.36. The summed E-state index contributed by atoms with van der Waals surface area (Å²) in [5.74, 6) is 0.951. The van der Waals surface area contributed by atoms with Crippen LogP contribution in [0.5, 0.6) is 0 Å². The summed E-state index contributed by atoms with van der Waals surface area (Å²) < 4.78 is 5.68. The number of fused-ring (bicyclic) bond motifs is 1. The summed E-state index contributed by atoms with van der Waals surface area (Å²) in [6.07, 6.45) is 5.65. The van der Waals surface area contributed by atoms with Gasteiger partial charge in [0.25, 0.3) is 0 Å². The summed E-state index contributed by atoms with van der Waals surface area (Å²) in [4.78, 5) is 12.1. The van der Waals surface area contributed by atoms with E-state index in [0.717, 1.165) is 19.3 Å². The van der Waals surface area contributed by atoms with Gasteiger partial charge in [-0.05, 0) is 30.6 Å². The lowest BCUT2D eigenvalue weighted by molar-refractivity contribution is -0.158. The van der Waals surface area contributed by atoms with Gasteiger partial charge in [0.15, 0.2) is 0 Å². The molecule has 0 aromatic carbocycles. The maximum atomic E-state index is 12.1. The molecule has 3 atom stereocenters. The second-order valence-electron chi connectivity index (χ2n) is 6.36. The normalized spacial score (nSPS) is 42.9. The van der Waals surface area contributed by atoms with Gasteiger partial charge in [0.05, 0.1) is 6.10 Å². The third kappa shape index (κ3) is 1.54. The van der Waals surface area contributed by atoms with Crippen molar-refractivity contribution >= 4 is 5.78 Å². The Labute approximate surface area is 98.7 Å². The van der Waals surface area contributed by atoms with E-state index in [4.69, 9.17) is 4.74 Å². The summed E-state index contributed by atoms with van der Waals surface area (Å²) in [6.45, 7) is 6.60. The van der Waals surface area contributed by atoms with E-state index in [2.05, 4.69) is 20.8 Å². The Morgan fingerprint density at radius 2 is 1.94 bits per heavy atom. The highest BCUT2D eigenvalue weighted by molar-refractivity contribution is 5.85. The van der Waals surface area contributed by atoms with Crippen LogP contribution in [0.3, 0.4) is 0 Å². The maximum Gasteiger partial charge on any atom is 0.138 e. The van der Waals surface area contributed by atoms with Gasteiger partial charge in [-0.1, -0.05) is 27.2 Å². The van der Waals surface area contributed by atoms with E-state index in [1.807, 2.05) is 7.11 Å². The predicted octanol–water partition coefficient (Wildman–Crippen LogP) is 3.20. The van der Waals surface area contributed by atoms with Gasteiger partial charge in [-0.25, -0.2) is 0 Å². The van der Waals surface area contributed by atoms with Crippen molar-refractivity contribution in [3.8, 4) is 0 Å². The Kier molecular flexibility index (Phi) is 2.90.